The fourth-order valence-electron chi connectivity index (χ4n) is 3.54. The first kappa shape index (κ1) is 19.5. The average Bonchev–Trinajstić information content (AvgIpc) is 3.18. The Kier molecular flexibility index (Phi) is 5.58. The Labute approximate surface area is 173 Å². The van der Waals surface area contributed by atoms with Crippen LogP contribution in [0.2, 0.25) is 5.02 Å². The third-order valence-corrected chi connectivity index (χ3v) is 5.27. The average molecular weight is 413 g/mol. The molecule has 4 rings (SSSR count). The van der Waals surface area contributed by atoms with Gasteiger partial charge in [-0.25, -0.2) is 13.8 Å². The summed E-state index contributed by atoms with van der Waals surface area (Å²) in [5.74, 6) is -0.602. The standard InChI is InChI=1S/C23H19ClF2N2O/c1-2-29-22-11-7-15(13-27-22)14-6-8-16(17(24)12-14)20-9-10-21(28-20)23-18(25)4-3-5-19(23)26/h3-8,11-13,20H,2,9-10H2,1H3/t20-/m1/s1. The molecule has 3 nitrogen and oxygen atoms in total. The van der Waals surface area contributed by atoms with Gasteiger partial charge in [-0.15, -0.1) is 0 Å². The lowest BCUT2D eigenvalue weighted by Gasteiger charge is -2.11. The molecule has 0 saturated carbocycles. The Bertz CT molecular complexity index is 1050. The van der Waals surface area contributed by atoms with Gasteiger partial charge in [-0.05, 0) is 55.2 Å². The van der Waals surface area contributed by atoms with Crippen LogP contribution in [0.15, 0.2) is 59.7 Å². The minimum Gasteiger partial charge on any atom is -0.478 e. The molecular weight excluding hydrogens is 394 g/mol. The monoisotopic (exact) mass is 412 g/mol. The fourth-order valence-corrected chi connectivity index (χ4v) is 3.85. The number of aromatic nitrogens is 1. The highest BCUT2D eigenvalue weighted by Crippen LogP contribution is 2.37. The largest absolute Gasteiger partial charge is 0.478 e. The Morgan fingerprint density at radius 3 is 2.48 bits per heavy atom. The van der Waals surface area contributed by atoms with Crippen molar-refractivity contribution in [1.29, 1.82) is 0 Å². The molecule has 148 valence electrons. The molecule has 1 atom stereocenters. The van der Waals surface area contributed by atoms with E-state index in [0.717, 1.165) is 16.7 Å². The Balaban J connectivity index is 1.59. The van der Waals surface area contributed by atoms with E-state index in [1.54, 1.807) is 6.20 Å². The Hall–Kier alpha value is -2.79. The number of halogens is 3. The maximum Gasteiger partial charge on any atom is 0.213 e. The molecule has 1 aliphatic heterocycles. The van der Waals surface area contributed by atoms with E-state index in [1.165, 1.54) is 18.2 Å². The summed E-state index contributed by atoms with van der Waals surface area (Å²) >= 11 is 6.53. The highest BCUT2D eigenvalue weighted by Gasteiger charge is 2.25. The first-order chi connectivity index (χ1) is 14.1. The zero-order valence-corrected chi connectivity index (χ0v) is 16.6. The second-order valence-electron chi connectivity index (χ2n) is 6.78. The zero-order valence-electron chi connectivity index (χ0n) is 15.8. The normalized spacial score (nSPS) is 16.0. The molecule has 0 unspecified atom stereocenters. The van der Waals surface area contributed by atoms with Gasteiger partial charge in [-0.1, -0.05) is 29.8 Å². The number of benzene rings is 2. The van der Waals surface area contributed by atoms with Gasteiger partial charge in [-0.2, -0.15) is 0 Å². The van der Waals surface area contributed by atoms with Gasteiger partial charge in [0.25, 0.3) is 0 Å². The topological polar surface area (TPSA) is 34.5 Å². The molecule has 0 fully saturated rings. The molecule has 0 aliphatic carbocycles. The van der Waals surface area contributed by atoms with E-state index in [4.69, 9.17) is 16.3 Å². The van der Waals surface area contributed by atoms with Gasteiger partial charge in [0.1, 0.15) is 11.6 Å². The van der Waals surface area contributed by atoms with Crippen LogP contribution in [-0.4, -0.2) is 17.3 Å². The Morgan fingerprint density at radius 2 is 1.83 bits per heavy atom. The number of nitrogens with zero attached hydrogens (tertiary/aromatic N) is 2. The summed E-state index contributed by atoms with van der Waals surface area (Å²) in [6.45, 7) is 2.47. The van der Waals surface area contributed by atoms with Crippen molar-refractivity contribution in [2.24, 2.45) is 4.99 Å². The van der Waals surface area contributed by atoms with Crippen LogP contribution in [0.25, 0.3) is 11.1 Å². The van der Waals surface area contributed by atoms with Gasteiger partial charge in [-0.3, -0.25) is 4.99 Å². The summed E-state index contributed by atoms with van der Waals surface area (Å²) in [6, 6.07) is 13.1. The van der Waals surface area contributed by atoms with Crippen molar-refractivity contribution >= 4 is 17.3 Å². The molecule has 0 bridgehead atoms. The molecule has 29 heavy (non-hydrogen) atoms. The van der Waals surface area contributed by atoms with Crippen LogP contribution in [0.4, 0.5) is 8.78 Å². The van der Waals surface area contributed by atoms with Crippen molar-refractivity contribution < 1.29 is 13.5 Å². The van der Waals surface area contributed by atoms with Crippen LogP contribution >= 0.6 is 11.6 Å². The number of aliphatic imine (C=N–C) groups is 1. The highest BCUT2D eigenvalue weighted by molar-refractivity contribution is 6.31. The number of pyridine rings is 1. The number of hydrogen-bond acceptors (Lipinski definition) is 3. The second-order valence-corrected chi connectivity index (χ2v) is 7.19. The van der Waals surface area contributed by atoms with E-state index in [1.807, 2.05) is 37.3 Å². The number of rotatable bonds is 5. The SMILES string of the molecule is CCOc1ccc(-c2ccc([C@H]3CCC(c4c(F)cccc4F)=N3)c(Cl)c2)cn1. The lowest BCUT2D eigenvalue weighted by atomic mass is 9.99. The lowest BCUT2D eigenvalue weighted by Crippen LogP contribution is -2.03. The second kappa shape index (κ2) is 8.29. The van der Waals surface area contributed by atoms with E-state index in [9.17, 15) is 8.78 Å². The molecule has 1 aromatic heterocycles. The number of hydrogen-bond donors (Lipinski definition) is 0. The van der Waals surface area contributed by atoms with E-state index < -0.39 is 11.6 Å². The minimum atomic E-state index is -0.589. The van der Waals surface area contributed by atoms with Crippen LogP contribution in [0.1, 0.15) is 36.9 Å². The molecule has 0 N–H and O–H groups in total. The van der Waals surface area contributed by atoms with Crippen LogP contribution in [0.3, 0.4) is 0 Å². The maximum absolute atomic E-state index is 14.1. The summed E-state index contributed by atoms with van der Waals surface area (Å²) in [6.07, 6.45) is 2.90. The van der Waals surface area contributed by atoms with Crippen molar-refractivity contribution in [1.82, 2.24) is 4.98 Å². The molecule has 0 saturated heterocycles. The molecule has 6 heteroatoms. The summed E-state index contributed by atoms with van der Waals surface area (Å²) in [5, 5.41) is 0.570. The molecule has 2 aromatic carbocycles. The predicted molar refractivity (Wildman–Crippen MR) is 111 cm³/mol. The van der Waals surface area contributed by atoms with Gasteiger partial charge in [0.2, 0.25) is 5.88 Å². The summed E-state index contributed by atoms with van der Waals surface area (Å²) < 4.78 is 33.5. The molecule has 2 heterocycles. The Morgan fingerprint density at radius 1 is 1.07 bits per heavy atom. The van der Waals surface area contributed by atoms with E-state index in [0.29, 0.717) is 36.1 Å². The maximum atomic E-state index is 14.1. The van der Waals surface area contributed by atoms with Crippen LogP contribution in [0.5, 0.6) is 5.88 Å². The quantitative estimate of drug-likeness (QED) is 0.485. The predicted octanol–water partition coefficient (Wildman–Crippen LogP) is 6.40. The van der Waals surface area contributed by atoms with Crippen LogP contribution in [0, 0.1) is 11.6 Å². The van der Waals surface area contributed by atoms with E-state index >= 15 is 0 Å². The highest BCUT2D eigenvalue weighted by atomic mass is 35.5. The molecular formula is C23H19ClF2N2O. The molecule has 3 aromatic rings. The van der Waals surface area contributed by atoms with Crippen molar-refractivity contribution in [2.45, 2.75) is 25.8 Å². The zero-order chi connectivity index (χ0) is 20.4. The summed E-state index contributed by atoms with van der Waals surface area (Å²) in [5.41, 5.74) is 3.10. The third-order valence-electron chi connectivity index (χ3n) is 4.94. The van der Waals surface area contributed by atoms with Crippen LogP contribution < -0.4 is 4.74 Å². The minimum absolute atomic E-state index is 0.0387. The first-order valence-corrected chi connectivity index (χ1v) is 9.84. The van der Waals surface area contributed by atoms with Crippen LogP contribution in [-0.2, 0) is 0 Å². The van der Waals surface area contributed by atoms with Crippen molar-refractivity contribution in [2.75, 3.05) is 6.61 Å². The summed E-state index contributed by atoms with van der Waals surface area (Å²) in [7, 11) is 0. The van der Waals surface area contributed by atoms with Gasteiger partial charge in [0.05, 0.1) is 18.2 Å². The van der Waals surface area contributed by atoms with Crippen molar-refractivity contribution in [3.05, 3.63) is 82.5 Å². The van der Waals surface area contributed by atoms with Gasteiger partial charge in [0, 0.05) is 28.6 Å². The van der Waals surface area contributed by atoms with Crippen molar-refractivity contribution in [3.8, 4) is 17.0 Å². The molecule has 0 amide bonds. The van der Waals surface area contributed by atoms with Gasteiger partial charge >= 0.3 is 0 Å². The third kappa shape index (κ3) is 4.01. The van der Waals surface area contributed by atoms with Gasteiger partial charge < -0.3 is 4.74 Å². The van der Waals surface area contributed by atoms with E-state index in [-0.39, 0.29) is 11.6 Å². The smallest absolute Gasteiger partial charge is 0.213 e. The number of ether oxygens (including phenoxy) is 1. The van der Waals surface area contributed by atoms with Crippen molar-refractivity contribution in [3.63, 3.8) is 0 Å². The fraction of sp³-hybridized carbons (Fsp3) is 0.217. The van der Waals surface area contributed by atoms with E-state index in [2.05, 4.69) is 9.98 Å². The molecule has 0 radical (unpaired) electrons. The van der Waals surface area contributed by atoms with Gasteiger partial charge in [0.15, 0.2) is 0 Å². The lowest BCUT2D eigenvalue weighted by molar-refractivity contribution is 0.327. The molecule has 0 spiro atoms. The molecule has 1 aliphatic rings. The summed E-state index contributed by atoms with van der Waals surface area (Å²) in [4.78, 5) is 8.85. The first-order valence-electron chi connectivity index (χ1n) is 9.46.